The monoisotopic (exact) mass is 297 g/mol. The molecule has 0 atom stereocenters. The first kappa shape index (κ1) is 13.3. The molecule has 3 aromatic rings. The van der Waals surface area contributed by atoms with E-state index < -0.39 is 0 Å². The van der Waals surface area contributed by atoms with Gasteiger partial charge < -0.3 is 5.11 Å². The van der Waals surface area contributed by atoms with Crippen LogP contribution >= 0.6 is 11.5 Å². The first-order valence-electron chi connectivity index (χ1n) is 6.28. The van der Waals surface area contributed by atoms with Crippen LogP contribution < -0.4 is 5.56 Å². The molecule has 0 bridgehead atoms. The molecule has 1 aromatic heterocycles. The zero-order valence-corrected chi connectivity index (χ0v) is 11.7. The van der Waals surface area contributed by atoms with Crippen LogP contribution in [0.15, 0.2) is 65.5 Å². The number of aromatic nitrogens is 1. The minimum Gasteiger partial charge on any atom is -0.508 e. The van der Waals surface area contributed by atoms with E-state index in [4.69, 9.17) is 0 Å². The van der Waals surface area contributed by atoms with Crippen molar-refractivity contribution in [3.8, 4) is 11.4 Å². The van der Waals surface area contributed by atoms with Crippen molar-refractivity contribution in [2.45, 2.75) is 0 Å². The van der Waals surface area contributed by atoms with Gasteiger partial charge in [0.25, 0.3) is 5.56 Å². The molecule has 3 rings (SSSR count). The van der Waals surface area contributed by atoms with Gasteiger partial charge >= 0.3 is 0 Å². The number of benzene rings is 2. The Morgan fingerprint density at radius 3 is 2.33 bits per heavy atom. The molecule has 0 fully saturated rings. The first-order chi connectivity index (χ1) is 10.1. The quantitative estimate of drug-likeness (QED) is 0.756. The number of rotatable bonds is 3. The SMILES string of the molecule is O=C(c1ccccc1)c1cc(=O)n(-c2ccc(O)cc2)s1. The van der Waals surface area contributed by atoms with E-state index >= 15 is 0 Å². The minimum atomic E-state index is -0.259. The highest BCUT2D eigenvalue weighted by Crippen LogP contribution is 2.18. The maximum absolute atomic E-state index is 12.3. The molecule has 0 aliphatic carbocycles. The number of phenols is 1. The van der Waals surface area contributed by atoms with Crippen LogP contribution in [0.25, 0.3) is 5.69 Å². The number of carbonyl (C=O) groups excluding carboxylic acids is 1. The van der Waals surface area contributed by atoms with Crippen LogP contribution in [0.5, 0.6) is 5.75 Å². The van der Waals surface area contributed by atoms with Crippen molar-refractivity contribution in [1.29, 1.82) is 0 Å². The number of carbonyl (C=O) groups is 1. The summed E-state index contributed by atoms with van der Waals surface area (Å²) in [5.41, 5.74) is 0.913. The van der Waals surface area contributed by atoms with E-state index in [1.165, 1.54) is 22.2 Å². The van der Waals surface area contributed by atoms with Crippen LogP contribution in [0.1, 0.15) is 15.2 Å². The summed E-state index contributed by atoms with van der Waals surface area (Å²) in [6.45, 7) is 0. The number of hydrogen-bond acceptors (Lipinski definition) is 4. The van der Waals surface area contributed by atoms with Crippen molar-refractivity contribution in [2.75, 3.05) is 0 Å². The highest BCUT2D eigenvalue weighted by atomic mass is 32.1. The van der Waals surface area contributed by atoms with Gasteiger partial charge in [-0.05, 0) is 35.8 Å². The zero-order valence-electron chi connectivity index (χ0n) is 10.9. The van der Waals surface area contributed by atoms with Crippen molar-refractivity contribution in [1.82, 2.24) is 3.96 Å². The normalized spacial score (nSPS) is 10.5. The second-order valence-corrected chi connectivity index (χ2v) is 5.43. The van der Waals surface area contributed by atoms with Crippen LogP contribution in [-0.4, -0.2) is 14.8 Å². The Balaban J connectivity index is 2.00. The van der Waals surface area contributed by atoms with Crippen LogP contribution in [0.4, 0.5) is 0 Å². The van der Waals surface area contributed by atoms with Gasteiger partial charge in [0.15, 0.2) is 0 Å². The van der Waals surface area contributed by atoms with Crippen LogP contribution in [0.3, 0.4) is 0 Å². The third-order valence-electron chi connectivity index (χ3n) is 2.99. The molecule has 0 spiro atoms. The smallest absolute Gasteiger partial charge is 0.266 e. The van der Waals surface area contributed by atoms with Gasteiger partial charge in [-0.15, -0.1) is 0 Å². The second-order valence-electron chi connectivity index (χ2n) is 4.44. The Morgan fingerprint density at radius 1 is 1.00 bits per heavy atom. The number of hydrogen-bond donors (Lipinski definition) is 1. The van der Waals surface area contributed by atoms with Gasteiger partial charge in [0.2, 0.25) is 5.78 Å². The molecule has 0 aliphatic heterocycles. The highest BCUT2D eigenvalue weighted by Gasteiger charge is 2.14. The van der Waals surface area contributed by atoms with Crippen molar-refractivity contribution in [3.05, 3.63) is 81.5 Å². The van der Waals surface area contributed by atoms with E-state index in [2.05, 4.69) is 0 Å². The molecule has 0 aliphatic rings. The molecule has 0 amide bonds. The topological polar surface area (TPSA) is 59.3 Å². The first-order valence-corrected chi connectivity index (χ1v) is 7.05. The van der Waals surface area contributed by atoms with Crippen LogP contribution in [0, 0.1) is 0 Å². The van der Waals surface area contributed by atoms with E-state index in [9.17, 15) is 14.7 Å². The molecule has 2 aromatic carbocycles. The summed E-state index contributed by atoms with van der Waals surface area (Å²) in [7, 11) is 0. The highest BCUT2D eigenvalue weighted by molar-refractivity contribution is 7.09. The number of aromatic hydroxyl groups is 1. The maximum atomic E-state index is 12.3. The largest absolute Gasteiger partial charge is 0.508 e. The minimum absolute atomic E-state index is 0.129. The molecule has 104 valence electrons. The van der Waals surface area contributed by atoms with E-state index in [1.54, 1.807) is 36.4 Å². The van der Waals surface area contributed by atoms with Gasteiger partial charge in [-0.25, -0.2) is 3.96 Å². The lowest BCUT2D eigenvalue weighted by molar-refractivity contribution is 0.104. The lowest BCUT2D eigenvalue weighted by Gasteiger charge is -2.00. The van der Waals surface area contributed by atoms with Crippen molar-refractivity contribution < 1.29 is 9.90 Å². The summed E-state index contributed by atoms with van der Waals surface area (Å²) in [5, 5.41) is 9.28. The van der Waals surface area contributed by atoms with Crippen molar-refractivity contribution >= 4 is 17.3 Å². The average molecular weight is 297 g/mol. The summed E-state index contributed by atoms with van der Waals surface area (Å²) in [4.78, 5) is 24.7. The number of ketones is 1. The van der Waals surface area contributed by atoms with E-state index in [-0.39, 0.29) is 17.1 Å². The molecule has 0 saturated carbocycles. The second kappa shape index (κ2) is 5.38. The van der Waals surface area contributed by atoms with E-state index in [0.29, 0.717) is 16.1 Å². The lowest BCUT2D eigenvalue weighted by Crippen LogP contribution is -2.09. The fraction of sp³-hybridized carbons (Fsp3) is 0. The Morgan fingerprint density at radius 2 is 1.67 bits per heavy atom. The van der Waals surface area contributed by atoms with E-state index in [0.717, 1.165) is 11.5 Å². The molecular formula is C16H11NO3S. The summed E-state index contributed by atoms with van der Waals surface area (Å²) >= 11 is 1.09. The summed E-state index contributed by atoms with van der Waals surface area (Å²) in [5.74, 6) is -0.0424. The van der Waals surface area contributed by atoms with Crippen LogP contribution in [0.2, 0.25) is 0 Å². The molecule has 1 heterocycles. The third kappa shape index (κ3) is 2.64. The fourth-order valence-electron chi connectivity index (χ4n) is 1.95. The molecule has 0 radical (unpaired) electrons. The lowest BCUT2D eigenvalue weighted by atomic mass is 10.1. The Kier molecular flexibility index (Phi) is 3.41. The Bertz CT molecular complexity index is 832. The van der Waals surface area contributed by atoms with Gasteiger partial charge in [-0.1, -0.05) is 30.3 Å². The zero-order chi connectivity index (χ0) is 14.8. The predicted octanol–water partition coefficient (Wildman–Crippen LogP) is 2.84. The average Bonchev–Trinajstić information content (AvgIpc) is 2.90. The van der Waals surface area contributed by atoms with Gasteiger partial charge in [0.05, 0.1) is 10.6 Å². The summed E-state index contributed by atoms with van der Waals surface area (Å²) < 4.78 is 1.43. The molecular weight excluding hydrogens is 286 g/mol. The summed E-state index contributed by atoms with van der Waals surface area (Å²) in [6.07, 6.45) is 0. The Labute approximate surface area is 124 Å². The molecule has 5 heteroatoms. The van der Waals surface area contributed by atoms with Gasteiger partial charge in [-0.3, -0.25) is 9.59 Å². The third-order valence-corrected chi connectivity index (χ3v) is 4.06. The maximum Gasteiger partial charge on any atom is 0.266 e. The molecule has 21 heavy (non-hydrogen) atoms. The van der Waals surface area contributed by atoms with E-state index in [1.807, 2.05) is 6.07 Å². The Hall–Kier alpha value is -2.66. The van der Waals surface area contributed by atoms with Gasteiger partial charge in [-0.2, -0.15) is 0 Å². The molecule has 4 nitrogen and oxygen atoms in total. The van der Waals surface area contributed by atoms with Gasteiger partial charge in [0.1, 0.15) is 5.75 Å². The van der Waals surface area contributed by atoms with Gasteiger partial charge in [0, 0.05) is 11.6 Å². The number of nitrogens with zero attached hydrogens (tertiary/aromatic N) is 1. The molecule has 0 saturated heterocycles. The predicted molar refractivity (Wildman–Crippen MR) is 81.5 cm³/mol. The van der Waals surface area contributed by atoms with Crippen molar-refractivity contribution in [2.24, 2.45) is 0 Å². The fourth-order valence-corrected chi connectivity index (χ4v) is 2.87. The summed E-state index contributed by atoms with van der Waals surface area (Å²) in [6, 6.07) is 16.4. The molecule has 1 N–H and O–H groups in total. The number of phenolic OH excluding ortho intramolecular Hbond substituents is 1. The van der Waals surface area contributed by atoms with Crippen LogP contribution in [-0.2, 0) is 0 Å². The standard InChI is InChI=1S/C16H11NO3S/c18-13-8-6-12(7-9-13)17-15(19)10-14(21-17)16(20)11-4-2-1-3-5-11/h1-10,18H. The van der Waals surface area contributed by atoms with Crippen molar-refractivity contribution in [3.63, 3.8) is 0 Å². The molecule has 0 unspecified atom stereocenters.